The summed E-state index contributed by atoms with van der Waals surface area (Å²) in [6.07, 6.45) is 0.493. The molecule has 1 aliphatic heterocycles. The van der Waals surface area contributed by atoms with Crippen LogP contribution in [0.4, 0.5) is 0 Å². The van der Waals surface area contributed by atoms with E-state index in [1.165, 1.54) is 0 Å². The molecule has 198 valence electrons. The van der Waals surface area contributed by atoms with Crippen LogP contribution in [-0.4, -0.2) is 71.5 Å². The topological polar surface area (TPSA) is 108 Å². The molecule has 1 fully saturated rings. The number of hydrogen-bond acceptors (Lipinski definition) is 6. The van der Waals surface area contributed by atoms with E-state index in [2.05, 4.69) is 27.9 Å². The maximum absolute atomic E-state index is 13.8. The van der Waals surface area contributed by atoms with Crippen LogP contribution in [0.1, 0.15) is 24.0 Å². The quantitative estimate of drug-likeness (QED) is 0.373. The number of nitrogens with zero attached hydrogens (tertiary/aromatic N) is 1. The molecule has 4 atom stereocenters. The van der Waals surface area contributed by atoms with Crippen molar-refractivity contribution in [1.82, 2.24) is 10.2 Å². The zero-order valence-corrected chi connectivity index (χ0v) is 23.0. The first-order valence-electron chi connectivity index (χ1n) is 12.5. The Kier molecular flexibility index (Phi) is 9.58. The maximum atomic E-state index is 13.8. The van der Waals surface area contributed by atoms with Gasteiger partial charge in [-0.05, 0) is 59.7 Å². The first-order chi connectivity index (χ1) is 17.9. The van der Waals surface area contributed by atoms with Crippen molar-refractivity contribution in [2.75, 3.05) is 26.4 Å². The Balaban J connectivity index is 1.68. The highest BCUT2D eigenvalue weighted by Gasteiger charge is 2.42. The summed E-state index contributed by atoms with van der Waals surface area (Å²) in [5, 5.41) is 23.5. The fraction of sp³-hybridized carbons (Fsp3) is 0.429. The minimum absolute atomic E-state index is 0.104. The van der Waals surface area contributed by atoms with Crippen LogP contribution in [0.15, 0.2) is 60.2 Å². The highest BCUT2D eigenvalue weighted by molar-refractivity contribution is 14.1. The number of rotatable bonds is 9. The molecule has 0 bridgehead atoms. The summed E-state index contributed by atoms with van der Waals surface area (Å²) >= 11 is 2.16. The number of para-hydroxylation sites is 1. The summed E-state index contributed by atoms with van der Waals surface area (Å²) < 4.78 is 12.6. The van der Waals surface area contributed by atoms with E-state index in [1.807, 2.05) is 55.5 Å². The summed E-state index contributed by atoms with van der Waals surface area (Å²) in [6, 6.07) is 14.7. The first kappa shape index (κ1) is 27.6. The van der Waals surface area contributed by atoms with E-state index in [0.717, 1.165) is 14.7 Å². The third-order valence-corrected chi connectivity index (χ3v) is 7.64. The van der Waals surface area contributed by atoms with E-state index < -0.39 is 18.2 Å². The van der Waals surface area contributed by atoms with Crippen LogP contribution in [0.2, 0.25) is 0 Å². The van der Waals surface area contributed by atoms with Gasteiger partial charge in [0.25, 0.3) is 0 Å². The smallest absolute Gasteiger partial charge is 0.247 e. The molecule has 0 aromatic heterocycles. The molecule has 1 saturated heterocycles. The molecule has 1 aliphatic carbocycles. The fourth-order valence-electron chi connectivity index (χ4n) is 4.68. The van der Waals surface area contributed by atoms with Crippen molar-refractivity contribution in [2.45, 2.75) is 44.6 Å². The number of nitrogens with one attached hydrogen (secondary N) is 1. The number of hydrogen-bond donors (Lipinski definition) is 3. The molecule has 8 nitrogen and oxygen atoms in total. The average Bonchev–Trinajstić information content (AvgIpc) is 3.44. The summed E-state index contributed by atoms with van der Waals surface area (Å²) in [5.74, 6) is -0.175. The average molecular weight is 620 g/mol. The number of aryl methyl sites for hydroxylation is 1. The summed E-state index contributed by atoms with van der Waals surface area (Å²) in [6.45, 7) is 3.08. The first-order valence-corrected chi connectivity index (χ1v) is 13.6. The molecule has 2 amide bonds. The van der Waals surface area contributed by atoms with E-state index in [4.69, 9.17) is 9.47 Å². The van der Waals surface area contributed by atoms with E-state index in [0.29, 0.717) is 37.5 Å². The van der Waals surface area contributed by atoms with Gasteiger partial charge >= 0.3 is 0 Å². The molecule has 9 heteroatoms. The Morgan fingerprint density at radius 3 is 2.62 bits per heavy atom. The predicted molar refractivity (Wildman–Crippen MR) is 147 cm³/mol. The number of carbonyl (C=O) groups excluding carboxylic acids is 2. The number of amides is 2. The molecular weight excluding hydrogens is 587 g/mol. The molecule has 3 N–H and O–H groups in total. The van der Waals surface area contributed by atoms with Gasteiger partial charge in [-0.3, -0.25) is 9.59 Å². The van der Waals surface area contributed by atoms with E-state index in [-0.39, 0.29) is 37.3 Å². The minimum Gasteiger partial charge on any atom is -0.482 e. The van der Waals surface area contributed by atoms with Gasteiger partial charge in [0.05, 0.1) is 28.7 Å². The molecule has 2 aromatic carbocycles. The summed E-state index contributed by atoms with van der Waals surface area (Å²) in [5.41, 5.74) is 2.45. The van der Waals surface area contributed by atoms with Crippen LogP contribution in [0.5, 0.6) is 5.75 Å². The van der Waals surface area contributed by atoms with Crippen molar-refractivity contribution in [1.29, 1.82) is 0 Å². The molecule has 2 aromatic rings. The number of ether oxygens (including phenoxy) is 2. The molecule has 0 spiro atoms. The zero-order valence-electron chi connectivity index (χ0n) is 20.8. The minimum atomic E-state index is -1.07. The lowest BCUT2D eigenvalue weighted by Gasteiger charge is -2.41. The second-order valence-corrected chi connectivity index (χ2v) is 10.6. The van der Waals surface area contributed by atoms with Gasteiger partial charge in [-0.2, -0.15) is 0 Å². The SMILES string of the molecule is Cc1ccc(CN(C(=O)C2CCOC2)C2CC(C(=O)NCCO)=CC(Oc3ccccc3I)C2O)cc1. The Bertz CT molecular complexity index is 1120. The lowest BCUT2D eigenvalue weighted by molar-refractivity contribution is -0.143. The van der Waals surface area contributed by atoms with Crippen molar-refractivity contribution < 1.29 is 29.3 Å². The zero-order chi connectivity index (χ0) is 26.4. The van der Waals surface area contributed by atoms with E-state index in [1.54, 1.807) is 11.0 Å². The van der Waals surface area contributed by atoms with Crippen LogP contribution in [-0.2, 0) is 20.9 Å². The van der Waals surface area contributed by atoms with Crippen molar-refractivity contribution in [3.63, 3.8) is 0 Å². The Morgan fingerprint density at radius 2 is 1.95 bits per heavy atom. The predicted octanol–water partition coefficient (Wildman–Crippen LogP) is 2.58. The lowest BCUT2D eigenvalue weighted by atomic mass is 9.87. The summed E-state index contributed by atoms with van der Waals surface area (Å²) in [7, 11) is 0. The molecular formula is C28H33IN2O6. The highest BCUT2D eigenvalue weighted by atomic mass is 127. The Morgan fingerprint density at radius 1 is 1.19 bits per heavy atom. The van der Waals surface area contributed by atoms with Gasteiger partial charge < -0.3 is 29.9 Å². The summed E-state index contributed by atoms with van der Waals surface area (Å²) in [4.78, 5) is 28.4. The van der Waals surface area contributed by atoms with Gasteiger partial charge in [0.1, 0.15) is 18.0 Å². The van der Waals surface area contributed by atoms with Crippen molar-refractivity contribution in [3.05, 3.63) is 74.9 Å². The number of halogens is 1. The standard InChI is InChI=1S/C28H33IN2O6/c1-18-6-8-19(9-7-18)16-31(28(35)20-10-13-36-17-20)23-14-21(27(34)30-11-12-32)15-25(26(23)33)37-24-5-3-2-4-22(24)29/h2-9,15,20,23,25-26,32-33H,10-14,16-17H2,1H3,(H,30,34). The molecule has 37 heavy (non-hydrogen) atoms. The van der Waals surface area contributed by atoms with Gasteiger partial charge in [-0.1, -0.05) is 42.0 Å². The van der Waals surface area contributed by atoms with Gasteiger partial charge in [0.2, 0.25) is 11.8 Å². The molecule has 1 heterocycles. The van der Waals surface area contributed by atoms with Crippen molar-refractivity contribution in [3.8, 4) is 5.75 Å². The number of aliphatic hydroxyl groups is 2. The van der Waals surface area contributed by atoms with Crippen LogP contribution in [0.25, 0.3) is 0 Å². The Labute approximate surface area is 230 Å². The largest absolute Gasteiger partial charge is 0.482 e. The second-order valence-electron chi connectivity index (χ2n) is 9.46. The third-order valence-electron chi connectivity index (χ3n) is 6.75. The lowest BCUT2D eigenvalue weighted by Crippen LogP contribution is -2.56. The van der Waals surface area contributed by atoms with Crippen LogP contribution >= 0.6 is 22.6 Å². The van der Waals surface area contributed by atoms with Crippen molar-refractivity contribution in [2.24, 2.45) is 5.92 Å². The van der Waals surface area contributed by atoms with Gasteiger partial charge in [-0.15, -0.1) is 0 Å². The molecule has 4 unspecified atom stereocenters. The number of aliphatic hydroxyl groups excluding tert-OH is 2. The molecule has 0 radical (unpaired) electrons. The molecule has 2 aliphatic rings. The van der Waals surface area contributed by atoms with Gasteiger partial charge in [0, 0.05) is 31.7 Å². The Hall–Kier alpha value is -2.47. The number of carbonyl (C=O) groups is 2. The monoisotopic (exact) mass is 620 g/mol. The van der Waals surface area contributed by atoms with Crippen LogP contribution in [0.3, 0.4) is 0 Å². The fourth-order valence-corrected chi connectivity index (χ4v) is 5.19. The normalized spacial score (nSPS) is 23.3. The maximum Gasteiger partial charge on any atom is 0.247 e. The van der Waals surface area contributed by atoms with Crippen molar-refractivity contribution >= 4 is 34.4 Å². The van der Waals surface area contributed by atoms with Gasteiger partial charge in [-0.25, -0.2) is 0 Å². The third kappa shape index (κ3) is 6.90. The van der Waals surface area contributed by atoms with E-state index in [9.17, 15) is 19.8 Å². The van der Waals surface area contributed by atoms with Crippen LogP contribution in [0, 0.1) is 16.4 Å². The molecule has 0 saturated carbocycles. The van der Waals surface area contributed by atoms with Gasteiger partial charge in [0.15, 0.2) is 0 Å². The highest BCUT2D eigenvalue weighted by Crippen LogP contribution is 2.32. The number of benzene rings is 2. The van der Waals surface area contributed by atoms with Crippen LogP contribution < -0.4 is 10.1 Å². The second kappa shape index (κ2) is 12.9. The van der Waals surface area contributed by atoms with E-state index >= 15 is 0 Å². The molecule has 4 rings (SSSR count).